The smallest absolute Gasteiger partial charge is 0.343 e. The van der Waals surface area contributed by atoms with E-state index < -0.39 is 11.6 Å². The van der Waals surface area contributed by atoms with E-state index in [2.05, 4.69) is 15.3 Å². The van der Waals surface area contributed by atoms with Crippen molar-refractivity contribution in [3.05, 3.63) is 17.0 Å². The van der Waals surface area contributed by atoms with E-state index in [-0.39, 0.29) is 11.3 Å². The second-order valence-electron chi connectivity index (χ2n) is 7.49. The Labute approximate surface area is 146 Å². The van der Waals surface area contributed by atoms with Crippen molar-refractivity contribution in [3.8, 4) is 0 Å². The SMILES string of the molecule is CCOC(=O)c1cnc(Cl)nc1NC1C2CC3CC1CC(O)(C3)C2. The molecule has 2 atom stereocenters. The monoisotopic (exact) mass is 351 g/mol. The molecule has 4 bridgehead atoms. The van der Waals surface area contributed by atoms with Gasteiger partial charge in [-0.15, -0.1) is 0 Å². The van der Waals surface area contributed by atoms with Gasteiger partial charge in [-0.3, -0.25) is 0 Å². The van der Waals surface area contributed by atoms with Crippen molar-refractivity contribution in [1.29, 1.82) is 0 Å². The summed E-state index contributed by atoms with van der Waals surface area (Å²) in [6.07, 6.45) is 6.27. The number of carbonyl (C=O) groups excluding carboxylic acids is 1. The summed E-state index contributed by atoms with van der Waals surface area (Å²) in [5, 5.41) is 14.2. The van der Waals surface area contributed by atoms with Gasteiger partial charge in [0.1, 0.15) is 11.4 Å². The molecule has 1 heterocycles. The summed E-state index contributed by atoms with van der Waals surface area (Å²) in [5.41, 5.74) is -0.170. The van der Waals surface area contributed by atoms with Crippen LogP contribution in [0.5, 0.6) is 0 Å². The molecule has 2 N–H and O–H groups in total. The van der Waals surface area contributed by atoms with Crippen molar-refractivity contribution >= 4 is 23.4 Å². The predicted molar refractivity (Wildman–Crippen MR) is 88.9 cm³/mol. The number of esters is 1. The third-order valence-electron chi connectivity index (χ3n) is 5.80. The molecule has 2 unspecified atom stereocenters. The molecule has 0 amide bonds. The number of ether oxygens (including phenoxy) is 1. The molecule has 4 saturated carbocycles. The Morgan fingerprint density at radius 1 is 1.42 bits per heavy atom. The number of nitrogens with one attached hydrogen (secondary N) is 1. The first kappa shape index (κ1) is 16.1. The quantitative estimate of drug-likeness (QED) is 0.641. The van der Waals surface area contributed by atoms with Crippen LogP contribution >= 0.6 is 11.6 Å². The maximum atomic E-state index is 12.1. The van der Waals surface area contributed by atoms with Crippen LogP contribution in [-0.2, 0) is 4.74 Å². The van der Waals surface area contributed by atoms with Crippen molar-refractivity contribution < 1.29 is 14.6 Å². The van der Waals surface area contributed by atoms with Crippen LogP contribution in [-0.4, -0.2) is 39.3 Å². The van der Waals surface area contributed by atoms with Gasteiger partial charge in [0.2, 0.25) is 5.28 Å². The minimum absolute atomic E-state index is 0.105. The molecule has 1 aromatic rings. The molecule has 1 aromatic heterocycles. The summed E-state index contributed by atoms with van der Waals surface area (Å²) >= 11 is 5.93. The zero-order valence-electron chi connectivity index (χ0n) is 13.7. The van der Waals surface area contributed by atoms with Crippen LogP contribution in [0, 0.1) is 17.8 Å². The topological polar surface area (TPSA) is 84.3 Å². The first-order valence-electron chi connectivity index (χ1n) is 8.66. The summed E-state index contributed by atoms with van der Waals surface area (Å²) in [7, 11) is 0. The molecule has 4 aliphatic rings. The van der Waals surface area contributed by atoms with Crippen molar-refractivity contribution in [2.45, 2.75) is 50.7 Å². The average Bonchev–Trinajstić information content (AvgIpc) is 2.49. The van der Waals surface area contributed by atoms with Gasteiger partial charge in [-0.25, -0.2) is 9.78 Å². The molecule has 0 radical (unpaired) electrons. The molecule has 0 aromatic carbocycles. The summed E-state index contributed by atoms with van der Waals surface area (Å²) in [4.78, 5) is 20.3. The number of hydrogen-bond acceptors (Lipinski definition) is 6. The lowest BCUT2D eigenvalue weighted by atomic mass is 9.52. The molecule has 4 fully saturated rings. The normalized spacial score (nSPS) is 36.6. The van der Waals surface area contributed by atoms with E-state index >= 15 is 0 Å². The number of carbonyl (C=O) groups is 1. The highest BCUT2D eigenvalue weighted by molar-refractivity contribution is 6.28. The third-order valence-corrected chi connectivity index (χ3v) is 5.98. The van der Waals surface area contributed by atoms with Gasteiger partial charge in [-0.2, -0.15) is 4.98 Å². The second kappa shape index (κ2) is 5.85. The molecule has 5 rings (SSSR count). The highest BCUT2D eigenvalue weighted by Crippen LogP contribution is 2.56. The summed E-state index contributed by atoms with van der Waals surface area (Å²) in [5.74, 6) is 1.44. The zero-order valence-corrected chi connectivity index (χ0v) is 14.4. The minimum atomic E-state index is -0.484. The molecule has 0 aliphatic heterocycles. The Morgan fingerprint density at radius 3 is 2.75 bits per heavy atom. The number of anilines is 1. The number of aromatic nitrogens is 2. The molecular formula is C17H22ClN3O3. The Bertz CT molecular complexity index is 652. The average molecular weight is 352 g/mol. The van der Waals surface area contributed by atoms with E-state index in [4.69, 9.17) is 16.3 Å². The molecule has 0 saturated heterocycles. The summed E-state index contributed by atoms with van der Waals surface area (Å²) in [6.45, 7) is 2.06. The van der Waals surface area contributed by atoms with Gasteiger partial charge in [0.15, 0.2) is 0 Å². The Balaban J connectivity index is 1.60. The molecule has 0 spiro atoms. The van der Waals surface area contributed by atoms with Crippen LogP contribution in [0.1, 0.15) is 49.4 Å². The van der Waals surface area contributed by atoms with Crippen LogP contribution in [0.15, 0.2) is 6.20 Å². The number of nitrogens with zero attached hydrogens (tertiary/aromatic N) is 2. The van der Waals surface area contributed by atoms with Crippen molar-refractivity contribution in [2.75, 3.05) is 11.9 Å². The zero-order chi connectivity index (χ0) is 16.9. The van der Waals surface area contributed by atoms with E-state index in [1.54, 1.807) is 6.92 Å². The fourth-order valence-electron chi connectivity index (χ4n) is 5.20. The standard InChI is InChI=1S/C17H22ClN3O3/c1-2-24-15(22)12-8-19-16(18)21-14(12)20-13-10-3-9-4-11(13)7-17(23,5-9)6-10/h8-11,13,23H,2-7H2,1H3,(H,19,20,21). The molecule has 4 aliphatic carbocycles. The van der Waals surface area contributed by atoms with Crippen LogP contribution in [0.3, 0.4) is 0 Å². The lowest BCUT2D eigenvalue weighted by Gasteiger charge is -2.58. The maximum Gasteiger partial charge on any atom is 0.343 e. The van der Waals surface area contributed by atoms with Crippen molar-refractivity contribution in [1.82, 2.24) is 9.97 Å². The Kier molecular flexibility index (Phi) is 3.92. The fraction of sp³-hybridized carbons (Fsp3) is 0.706. The van der Waals surface area contributed by atoms with E-state index in [9.17, 15) is 9.90 Å². The minimum Gasteiger partial charge on any atom is -0.462 e. The highest BCUT2D eigenvalue weighted by Gasteiger charge is 2.54. The van der Waals surface area contributed by atoms with E-state index in [0.29, 0.717) is 35.7 Å². The third kappa shape index (κ3) is 2.75. The second-order valence-corrected chi connectivity index (χ2v) is 7.82. The van der Waals surface area contributed by atoms with Crippen molar-refractivity contribution in [3.63, 3.8) is 0 Å². The number of hydrogen-bond donors (Lipinski definition) is 2. The van der Waals surface area contributed by atoms with Crippen LogP contribution in [0.2, 0.25) is 5.28 Å². The Morgan fingerprint density at radius 2 is 2.12 bits per heavy atom. The van der Waals surface area contributed by atoms with Gasteiger partial charge in [0.05, 0.1) is 12.2 Å². The largest absolute Gasteiger partial charge is 0.462 e. The number of halogens is 1. The molecule has 6 nitrogen and oxygen atoms in total. The molecule has 24 heavy (non-hydrogen) atoms. The highest BCUT2D eigenvalue weighted by atomic mass is 35.5. The van der Waals surface area contributed by atoms with Crippen LogP contribution in [0.25, 0.3) is 0 Å². The van der Waals surface area contributed by atoms with Crippen LogP contribution in [0.4, 0.5) is 5.82 Å². The van der Waals surface area contributed by atoms with Gasteiger partial charge in [0.25, 0.3) is 0 Å². The van der Waals surface area contributed by atoms with Crippen molar-refractivity contribution in [2.24, 2.45) is 17.8 Å². The first-order valence-corrected chi connectivity index (χ1v) is 9.04. The van der Waals surface area contributed by atoms with Crippen LogP contribution < -0.4 is 5.32 Å². The summed E-state index contributed by atoms with van der Waals surface area (Å²) in [6, 6.07) is 0.209. The van der Waals surface area contributed by atoms with Gasteiger partial charge in [-0.05, 0) is 68.4 Å². The maximum absolute atomic E-state index is 12.1. The summed E-state index contributed by atoms with van der Waals surface area (Å²) < 4.78 is 5.09. The van der Waals surface area contributed by atoms with Gasteiger partial charge >= 0.3 is 5.97 Å². The lowest BCUT2D eigenvalue weighted by Crippen LogP contribution is -2.59. The van der Waals surface area contributed by atoms with Gasteiger partial charge < -0.3 is 15.2 Å². The van der Waals surface area contributed by atoms with E-state index in [0.717, 1.165) is 32.1 Å². The van der Waals surface area contributed by atoms with Gasteiger partial charge in [-0.1, -0.05) is 0 Å². The lowest BCUT2D eigenvalue weighted by molar-refractivity contribution is -0.129. The number of aliphatic hydroxyl groups is 1. The van der Waals surface area contributed by atoms with Gasteiger partial charge in [0, 0.05) is 12.2 Å². The fourth-order valence-corrected chi connectivity index (χ4v) is 5.34. The van der Waals surface area contributed by atoms with E-state index in [1.165, 1.54) is 6.20 Å². The molecular weight excluding hydrogens is 330 g/mol. The Hall–Kier alpha value is -1.40. The van der Waals surface area contributed by atoms with E-state index in [1.807, 2.05) is 0 Å². The molecule has 7 heteroatoms. The first-order chi connectivity index (χ1) is 11.5. The number of rotatable bonds is 4. The molecule has 130 valence electrons. The predicted octanol–water partition coefficient (Wildman–Crippen LogP) is 2.66.